The molecule has 0 spiro atoms. The monoisotopic (exact) mass is 261 g/mol. The summed E-state index contributed by atoms with van der Waals surface area (Å²) in [5.41, 5.74) is 2.12. The number of rotatable bonds is 8. The Morgan fingerprint density at radius 3 is 2.63 bits per heavy atom. The maximum Gasteiger partial charge on any atom is 0.407 e. The van der Waals surface area contributed by atoms with Crippen LogP contribution in [0.3, 0.4) is 0 Å². The Labute approximate surface area is 115 Å². The predicted octanol–water partition coefficient (Wildman–Crippen LogP) is 4.14. The van der Waals surface area contributed by atoms with E-state index in [0.29, 0.717) is 13.2 Å². The van der Waals surface area contributed by atoms with Crippen LogP contribution >= 0.6 is 0 Å². The lowest BCUT2D eigenvalue weighted by molar-refractivity contribution is 0.143. The first-order chi connectivity index (χ1) is 9.26. The molecule has 1 aromatic rings. The molecule has 19 heavy (non-hydrogen) atoms. The van der Waals surface area contributed by atoms with Gasteiger partial charge in [-0.15, -0.1) is 0 Å². The summed E-state index contributed by atoms with van der Waals surface area (Å²) in [7, 11) is 0. The molecule has 0 saturated carbocycles. The fraction of sp³-hybridized carbons (Fsp3) is 0.438. The summed E-state index contributed by atoms with van der Waals surface area (Å²) in [6, 6.07) is 7.89. The van der Waals surface area contributed by atoms with E-state index < -0.39 is 0 Å². The molecule has 1 aromatic carbocycles. The van der Waals surface area contributed by atoms with Gasteiger partial charge in [0.05, 0.1) is 6.61 Å². The van der Waals surface area contributed by atoms with E-state index >= 15 is 0 Å². The molecule has 0 unspecified atom stereocenters. The van der Waals surface area contributed by atoms with Crippen LogP contribution in [0.1, 0.15) is 43.7 Å². The first-order valence-corrected chi connectivity index (χ1v) is 6.88. The molecule has 0 heterocycles. The lowest BCUT2D eigenvalue weighted by Crippen LogP contribution is -2.24. The molecule has 0 radical (unpaired) electrons. The van der Waals surface area contributed by atoms with E-state index in [4.69, 9.17) is 4.74 Å². The highest BCUT2D eigenvalue weighted by atomic mass is 16.5. The molecule has 1 rings (SSSR count). The van der Waals surface area contributed by atoms with Gasteiger partial charge >= 0.3 is 6.09 Å². The van der Waals surface area contributed by atoms with E-state index in [1.807, 2.05) is 24.3 Å². The van der Waals surface area contributed by atoms with Crippen molar-refractivity contribution in [1.82, 2.24) is 5.32 Å². The average Bonchev–Trinajstić information content (AvgIpc) is 2.45. The van der Waals surface area contributed by atoms with Gasteiger partial charge in [-0.3, -0.25) is 0 Å². The van der Waals surface area contributed by atoms with Crippen LogP contribution in [0.15, 0.2) is 30.8 Å². The van der Waals surface area contributed by atoms with Gasteiger partial charge in [0.2, 0.25) is 0 Å². The molecule has 3 nitrogen and oxygen atoms in total. The predicted molar refractivity (Wildman–Crippen MR) is 78.9 cm³/mol. The number of ether oxygens (including phenoxy) is 1. The lowest BCUT2D eigenvalue weighted by atomic mass is 10.1. The Morgan fingerprint density at radius 1 is 1.26 bits per heavy atom. The SMILES string of the molecule is C=Cc1ccc(CNC(=O)OCCCCCC)cc1. The molecule has 1 amide bonds. The number of hydrogen-bond acceptors (Lipinski definition) is 2. The van der Waals surface area contributed by atoms with Crippen LogP contribution < -0.4 is 5.32 Å². The van der Waals surface area contributed by atoms with E-state index in [1.165, 1.54) is 12.8 Å². The summed E-state index contributed by atoms with van der Waals surface area (Å²) in [5.74, 6) is 0. The van der Waals surface area contributed by atoms with E-state index in [-0.39, 0.29) is 6.09 Å². The Hall–Kier alpha value is -1.77. The number of nitrogens with one attached hydrogen (secondary N) is 1. The number of alkyl carbamates (subject to hydrolysis) is 1. The van der Waals surface area contributed by atoms with Crippen molar-refractivity contribution >= 4 is 12.2 Å². The molecule has 0 bridgehead atoms. The van der Waals surface area contributed by atoms with Crippen molar-refractivity contribution in [1.29, 1.82) is 0 Å². The largest absolute Gasteiger partial charge is 0.450 e. The zero-order valence-electron chi connectivity index (χ0n) is 11.7. The number of unbranched alkanes of at least 4 members (excludes halogenated alkanes) is 3. The van der Waals surface area contributed by atoms with Crippen LogP contribution in [-0.4, -0.2) is 12.7 Å². The summed E-state index contributed by atoms with van der Waals surface area (Å²) in [6.45, 7) is 6.85. The van der Waals surface area contributed by atoms with Crippen molar-refractivity contribution < 1.29 is 9.53 Å². The van der Waals surface area contributed by atoms with Crippen molar-refractivity contribution in [3.8, 4) is 0 Å². The van der Waals surface area contributed by atoms with Crippen LogP contribution in [0.25, 0.3) is 6.08 Å². The molecule has 0 saturated heterocycles. The Balaban J connectivity index is 2.16. The van der Waals surface area contributed by atoms with Crippen LogP contribution in [0.5, 0.6) is 0 Å². The van der Waals surface area contributed by atoms with Gasteiger partial charge in [-0.25, -0.2) is 4.79 Å². The van der Waals surface area contributed by atoms with Gasteiger partial charge in [0, 0.05) is 6.54 Å². The number of carbonyl (C=O) groups excluding carboxylic acids is 1. The minimum Gasteiger partial charge on any atom is -0.450 e. The maximum atomic E-state index is 11.4. The van der Waals surface area contributed by atoms with Crippen molar-refractivity contribution in [3.05, 3.63) is 42.0 Å². The third kappa shape index (κ3) is 6.65. The third-order valence-corrected chi connectivity index (χ3v) is 2.88. The van der Waals surface area contributed by atoms with Gasteiger partial charge in [-0.05, 0) is 17.5 Å². The van der Waals surface area contributed by atoms with Crippen molar-refractivity contribution in [2.75, 3.05) is 6.61 Å². The van der Waals surface area contributed by atoms with Crippen molar-refractivity contribution in [2.24, 2.45) is 0 Å². The first kappa shape index (κ1) is 15.3. The second kappa shape index (κ2) is 9.20. The van der Waals surface area contributed by atoms with Crippen LogP contribution in [-0.2, 0) is 11.3 Å². The van der Waals surface area contributed by atoms with Crippen LogP contribution in [0.4, 0.5) is 4.79 Å². The number of benzene rings is 1. The fourth-order valence-electron chi connectivity index (χ4n) is 1.69. The Morgan fingerprint density at radius 2 is 2.00 bits per heavy atom. The van der Waals surface area contributed by atoms with Gasteiger partial charge in [0.25, 0.3) is 0 Å². The second-order valence-electron chi connectivity index (χ2n) is 4.50. The summed E-state index contributed by atoms with van der Waals surface area (Å²) >= 11 is 0. The summed E-state index contributed by atoms with van der Waals surface area (Å²) in [4.78, 5) is 11.4. The van der Waals surface area contributed by atoms with Crippen molar-refractivity contribution in [2.45, 2.75) is 39.2 Å². The number of hydrogen-bond donors (Lipinski definition) is 1. The second-order valence-corrected chi connectivity index (χ2v) is 4.50. The van der Waals surface area contributed by atoms with E-state index in [2.05, 4.69) is 18.8 Å². The summed E-state index contributed by atoms with van der Waals surface area (Å²) in [6.07, 6.45) is 5.89. The molecule has 0 aliphatic carbocycles. The van der Waals surface area contributed by atoms with Crippen LogP contribution in [0.2, 0.25) is 0 Å². The smallest absolute Gasteiger partial charge is 0.407 e. The normalized spacial score (nSPS) is 9.95. The van der Waals surface area contributed by atoms with Gasteiger partial charge in [-0.1, -0.05) is 63.1 Å². The van der Waals surface area contributed by atoms with Crippen LogP contribution in [0, 0.1) is 0 Å². The Bertz CT molecular complexity index is 384. The molecule has 0 fully saturated rings. The van der Waals surface area contributed by atoms with Gasteiger partial charge in [0.1, 0.15) is 0 Å². The molecular weight excluding hydrogens is 238 g/mol. The van der Waals surface area contributed by atoms with Gasteiger partial charge < -0.3 is 10.1 Å². The number of amides is 1. The lowest BCUT2D eigenvalue weighted by Gasteiger charge is -2.07. The molecule has 0 atom stereocenters. The van der Waals surface area contributed by atoms with E-state index in [9.17, 15) is 4.79 Å². The standard InChI is InChI=1S/C16H23NO2/c1-3-5-6-7-12-19-16(18)17-13-15-10-8-14(4-2)9-11-15/h4,8-11H,2-3,5-7,12-13H2,1H3,(H,17,18). The summed E-state index contributed by atoms with van der Waals surface area (Å²) in [5, 5.41) is 2.74. The first-order valence-electron chi connectivity index (χ1n) is 6.88. The van der Waals surface area contributed by atoms with Gasteiger partial charge in [0.15, 0.2) is 0 Å². The van der Waals surface area contributed by atoms with Gasteiger partial charge in [-0.2, -0.15) is 0 Å². The fourth-order valence-corrected chi connectivity index (χ4v) is 1.69. The van der Waals surface area contributed by atoms with E-state index in [1.54, 1.807) is 6.08 Å². The maximum absolute atomic E-state index is 11.4. The molecule has 0 aliphatic heterocycles. The molecule has 0 aromatic heterocycles. The number of carbonyl (C=O) groups is 1. The average molecular weight is 261 g/mol. The highest BCUT2D eigenvalue weighted by Gasteiger charge is 2.01. The Kier molecular flexibility index (Phi) is 7.40. The highest BCUT2D eigenvalue weighted by molar-refractivity contribution is 5.67. The highest BCUT2D eigenvalue weighted by Crippen LogP contribution is 2.05. The minimum atomic E-state index is -0.343. The van der Waals surface area contributed by atoms with Crippen molar-refractivity contribution in [3.63, 3.8) is 0 Å². The van der Waals surface area contributed by atoms with E-state index in [0.717, 1.165) is 24.0 Å². The minimum absolute atomic E-state index is 0.343. The zero-order valence-corrected chi connectivity index (χ0v) is 11.7. The molecule has 3 heteroatoms. The third-order valence-electron chi connectivity index (χ3n) is 2.88. The topological polar surface area (TPSA) is 38.3 Å². The molecule has 0 aliphatic rings. The summed E-state index contributed by atoms with van der Waals surface area (Å²) < 4.78 is 5.09. The zero-order chi connectivity index (χ0) is 13.9. The molecular formula is C16H23NO2. The quantitative estimate of drug-likeness (QED) is 0.714. The molecule has 104 valence electrons. The molecule has 1 N–H and O–H groups in total.